The number of epoxide rings is 1. The van der Waals surface area contributed by atoms with Crippen LogP contribution in [0.15, 0.2) is 48.8 Å². The van der Waals surface area contributed by atoms with Gasteiger partial charge in [-0.05, 0) is 44.2 Å². The number of amides is 3. The number of carbonyl (C=O) groups excluding carboxylic acids is 3. The van der Waals surface area contributed by atoms with Crippen molar-refractivity contribution in [1.29, 1.82) is 0 Å². The van der Waals surface area contributed by atoms with Crippen LogP contribution in [0.4, 0.5) is 0 Å². The van der Waals surface area contributed by atoms with Gasteiger partial charge in [-0.15, -0.1) is 0 Å². The van der Waals surface area contributed by atoms with E-state index in [1.165, 1.54) is 0 Å². The van der Waals surface area contributed by atoms with E-state index in [-0.39, 0.29) is 130 Å². The molecular weight excluding hydrogens is 1270 g/mol. The summed E-state index contributed by atoms with van der Waals surface area (Å²) in [6.07, 6.45) is 1.98. The number of benzene rings is 2. The number of hydrogen-bond acceptors (Lipinski definition) is 23. The van der Waals surface area contributed by atoms with Crippen LogP contribution in [-0.2, 0) is 64.3 Å². The number of methoxy groups -OCH3 is 1. The van der Waals surface area contributed by atoms with Gasteiger partial charge in [-0.1, -0.05) is 23.2 Å². The normalized spacial score (nSPS) is 18.7. The van der Waals surface area contributed by atoms with Crippen molar-refractivity contribution in [2.75, 3.05) is 177 Å². The van der Waals surface area contributed by atoms with Gasteiger partial charge in [0.15, 0.2) is 12.0 Å². The van der Waals surface area contributed by atoms with Gasteiger partial charge >= 0.3 is 11.9 Å². The second-order valence-corrected chi connectivity index (χ2v) is 25.1. The summed E-state index contributed by atoms with van der Waals surface area (Å²) in [6, 6.07) is 8.92. The maximum absolute atomic E-state index is 14.4. The highest BCUT2D eigenvalue weighted by Gasteiger charge is 2.41. The van der Waals surface area contributed by atoms with Crippen LogP contribution >= 0.6 is 23.2 Å². The molecule has 0 aliphatic carbocycles. The second-order valence-electron chi connectivity index (χ2n) is 22.7. The number of pyridine rings is 1. The summed E-state index contributed by atoms with van der Waals surface area (Å²) in [6.45, 7) is 8.41. The molecule has 0 saturated carbocycles. The number of rotatable bonds is 32. The van der Waals surface area contributed by atoms with Gasteiger partial charge in [0.25, 0.3) is 16.0 Å². The maximum atomic E-state index is 14.4. The lowest BCUT2D eigenvalue weighted by Crippen LogP contribution is -2.55. The molecule has 0 radical (unpaired) electrons. The van der Waals surface area contributed by atoms with E-state index in [4.69, 9.17) is 70.9 Å². The number of aliphatic hydroxyl groups is 1. The topological polar surface area (TPSA) is 358 Å². The quantitative estimate of drug-likeness (QED) is 0.0226. The second kappa shape index (κ2) is 34.1. The predicted molar refractivity (Wildman–Crippen MR) is 331 cm³/mol. The number of ether oxygens (including phenoxy) is 9. The van der Waals surface area contributed by atoms with E-state index in [2.05, 4.69) is 15.6 Å². The average molecular weight is 1350 g/mol. The Balaban J connectivity index is 0.728. The molecule has 6 heterocycles. The molecule has 4 aromatic rings. The number of nitrogens with one attached hydrogen (secondary N) is 2. The molecule has 3 atom stereocenters. The van der Waals surface area contributed by atoms with Crippen molar-refractivity contribution < 1.29 is 94.9 Å². The average Bonchev–Trinajstić information content (AvgIpc) is 1.50. The van der Waals surface area contributed by atoms with Crippen LogP contribution in [0, 0.1) is 0 Å². The predicted octanol–water partition coefficient (Wildman–Crippen LogP) is 1.10. The zero-order valence-corrected chi connectivity index (χ0v) is 53.8. The van der Waals surface area contributed by atoms with Gasteiger partial charge < -0.3 is 73.5 Å². The van der Waals surface area contributed by atoms with E-state index in [1.807, 2.05) is 30.9 Å². The lowest BCUT2D eigenvalue weighted by atomic mass is 9.95. The molecular formula is C59H80Cl2N10O20S. The Kier molecular flexibility index (Phi) is 26.5. The van der Waals surface area contributed by atoms with Crippen molar-refractivity contribution in [1.82, 2.24) is 49.9 Å². The van der Waals surface area contributed by atoms with E-state index in [9.17, 15) is 52.3 Å². The Bertz CT molecular complexity index is 3240. The molecule has 30 nitrogen and oxygen atoms in total. The number of carboxylic acids is 2. The number of aliphatic carboxylic acids is 2. The fourth-order valence-electron chi connectivity index (χ4n) is 10.6. The molecule has 8 rings (SSSR count). The van der Waals surface area contributed by atoms with Gasteiger partial charge in [0.1, 0.15) is 48.4 Å². The number of morpholine rings is 1. The maximum Gasteiger partial charge on any atom is 0.317 e. The van der Waals surface area contributed by atoms with E-state index in [1.54, 1.807) is 68.1 Å². The molecule has 2 aromatic carbocycles. The molecule has 6 N–H and O–H groups in total. The highest BCUT2D eigenvalue weighted by Crippen LogP contribution is 2.47. The van der Waals surface area contributed by atoms with Crippen molar-refractivity contribution in [3.8, 4) is 45.3 Å². The first-order valence-electron chi connectivity index (χ1n) is 30.0. The molecule has 2 unspecified atom stereocenters. The van der Waals surface area contributed by atoms with Crippen molar-refractivity contribution in [2.24, 2.45) is 0 Å². The molecule has 0 spiro atoms. The Morgan fingerprint density at radius 2 is 1.33 bits per heavy atom. The minimum atomic E-state index is -4.75. The molecule has 506 valence electrons. The van der Waals surface area contributed by atoms with Crippen LogP contribution in [0.5, 0.6) is 17.2 Å². The fraction of sp³-hybridized carbons (Fsp3) is 0.576. The van der Waals surface area contributed by atoms with Crippen LogP contribution in [-0.4, -0.2) is 298 Å². The summed E-state index contributed by atoms with van der Waals surface area (Å²) in [4.78, 5) is 77.6. The molecule has 3 saturated heterocycles. The molecule has 4 aliphatic heterocycles. The van der Waals surface area contributed by atoms with Crippen molar-refractivity contribution in [2.45, 2.75) is 44.4 Å². The number of aliphatic hydroxyl groups excluding tert-OH is 1. The summed E-state index contributed by atoms with van der Waals surface area (Å²) in [5.74, 6) is -3.68. The zero-order chi connectivity index (χ0) is 66.0. The van der Waals surface area contributed by atoms with Gasteiger partial charge in [-0.25, -0.2) is 4.68 Å². The number of carbonyl (C=O) groups is 5. The fourth-order valence-corrected chi connectivity index (χ4v) is 11.8. The highest BCUT2D eigenvalue weighted by atomic mass is 35.5. The molecule has 3 amide bonds. The number of fused-ring (bicyclic) bond motifs is 3. The minimum Gasteiger partial charge on any atom is -0.496 e. The molecule has 4 aliphatic rings. The zero-order valence-electron chi connectivity index (χ0n) is 51.5. The van der Waals surface area contributed by atoms with Gasteiger partial charge in [0.05, 0.1) is 116 Å². The van der Waals surface area contributed by atoms with Crippen LogP contribution in [0.3, 0.4) is 0 Å². The largest absolute Gasteiger partial charge is 0.496 e. The van der Waals surface area contributed by atoms with Crippen LogP contribution < -0.4 is 24.8 Å². The molecule has 0 bridgehead atoms. The van der Waals surface area contributed by atoms with E-state index >= 15 is 0 Å². The van der Waals surface area contributed by atoms with Crippen LogP contribution in [0.2, 0.25) is 10.0 Å². The SMILES string of the molecule is COc1cc2c(cc1-c1cncc(OCCOCCOCCOCCOCCNC(=O)[C@H](CS(=O)(=O)O)NC(=O)CN3CCN(CC(=O)O)CCN(CC4OC4O)CCN(CC(=O)O)CC3)c1)-c1c(c(C(=O)N3CCOCC3(C)C)nn1-c1cc(Cl)cc(Cl)c1)CO2. The first-order chi connectivity index (χ1) is 44.0. The van der Waals surface area contributed by atoms with Gasteiger partial charge in [-0.3, -0.25) is 53.1 Å². The lowest BCUT2D eigenvalue weighted by molar-refractivity contribution is -0.139. The Labute approximate surface area is 542 Å². The van der Waals surface area contributed by atoms with Crippen molar-refractivity contribution in [3.05, 3.63) is 70.1 Å². The lowest BCUT2D eigenvalue weighted by Gasteiger charge is -2.41. The Morgan fingerprint density at radius 1 is 0.750 bits per heavy atom. The Hall–Kier alpha value is -6.40. The van der Waals surface area contributed by atoms with Crippen molar-refractivity contribution >= 4 is 63.0 Å². The first kappa shape index (κ1) is 71.4. The van der Waals surface area contributed by atoms with Crippen LogP contribution in [0.1, 0.15) is 29.9 Å². The van der Waals surface area contributed by atoms with Gasteiger partial charge in [-0.2, -0.15) is 13.5 Å². The third-order valence-corrected chi connectivity index (χ3v) is 16.5. The standard InChI is InChI=1S/C59H80Cl2N10O20S/c1-59(2)38-88-15-13-70(59)57(78)54-46-36-90-49-29-48(83-3)44(28-45(49)55(46)71(65-54)42-26-40(60)25-41(61)27-42)39-24-43(31-62-30-39)89-23-22-87-21-20-86-19-18-85-17-16-84-14-4-63-56(77)47(37-92(80,81)82)64-51(72)33-67-7-11-68(34-52(73)74)9-5-66(32-50-58(79)91-50)6-10-69(12-8-67)35-53(75)76/h24-31,47,50,58,79H,4-23,32-38H2,1-3H3,(H,63,77)(H,64,72)(H,73,74)(H,75,76)(H,80,81,82)/t47-,50?,58?/m0/s1. The number of carboxylic acid groups (broad SMARTS) is 2. The molecule has 3 fully saturated rings. The van der Waals surface area contributed by atoms with E-state index in [0.29, 0.717) is 113 Å². The minimum absolute atomic E-state index is 0.000254. The summed E-state index contributed by atoms with van der Waals surface area (Å²) in [7, 11) is -3.19. The monoisotopic (exact) mass is 1350 g/mol. The number of hydrogen-bond donors (Lipinski definition) is 6. The number of nitrogens with zero attached hydrogens (tertiary/aromatic N) is 8. The van der Waals surface area contributed by atoms with E-state index < -0.39 is 63.6 Å². The number of halogens is 2. The van der Waals surface area contributed by atoms with Gasteiger partial charge in [0.2, 0.25) is 11.8 Å². The summed E-state index contributed by atoms with van der Waals surface area (Å²) in [5.41, 5.74) is 3.43. The Morgan fingerprint density at radius 3 is 1.89 bits per heavy atom. The number of aromatic nitrogens is 3. The third kappa shape index (κ3) is 21.6. The highest BCUT2D eigenvalue weighted by molar-refractivity contribution is 7.85. The van der Waals surface area contributed by atoms with Gasteiger partial charge in [0, 0.05) is 117 Å². The summed E-state index contributed by atoms with van der Waals surface area (Å²) < 4.78 is 86.7. The van der Waals surface area contributed by atoms with Crippen molar-refractivity contribution in [3.63, 3.8) is 0 Å². The van der Waals surface area contributed by atoms with E-state index in [0.717, 1.165) is 0 Å². The smallest absolute Gasteiger partial charge is 0.317 e. The third-order valence-electron chi connectivity index (χ3n) is 15.3. The molecule has 33 heteroatoms. The first-order valence-corrected chi connectivity index (χ1v) is 32.3. The summed E-state index contributed by atoms with van der Waals surface area (Å²) in [5, 5.41) is 39.5. The molecule has 2 aromatic heterocycles. The molecule has 92 heavy (non-hydrogen) atoms. The summed E-state index contributed by atoms with van der Waals surface area (Å²) >= 11 is 13.0. The van der Waals surface area contributed by atoms with Crippen LogP contribution in [0.25, 0.3) is 28.1 Å².